The van der Waals surface area contributed by atoms with E-state index in [0.29, 0.717) is 65.4 Å². The molecular formula is C39H40Cl2N8O4. The second kappa shape index (κ2) is 14.2. The molecule has 2 amide bonds. The average molecular weight is 756 g/mol. The van der Waals surface area contributed by atoms with Gasteiger partial charge in [-0.1, -0.05) is 65.7 Å². The third-order valence-electron chi connectivity index (χ3n) is 10.8. The van der Waals surface area contributed by atoms with Gasteiger partial charge < -0.3 is 26.0 Å². The Kier molecular flexibility index (Phi) is 9.48. The van der Waals surface area contributed by atoms with Gasteiger partial charge in [-0.15, -0.1) is 0 Å². The number of aromatic nitrogens is 4. The summed E-state index contributed by atoms with van der Waals surface area (Å²) in [6.07, 6.45) is 6.44. The predicted molar refractivity (Wildman–Crippen MR) is 204 cm³/mol. The molecular weight excluding hydrogens is 715 g/mol. The number of nitrogens with one attached hydrogen (secondary N) is 4. The van der Waals surface area contributed by atoms with Crippen molar-refractivity contribution in [3.8, 4) is 39.4 Å². The molecule has 1 aliphatic carbocycles. The quantitative estimate of drug-likeness (QED) is 0.147. The third kappa shape index (κ3) is 6.80. The van der Waals surface area contributed by atoms with Crippen LogP contribution in [0.5, 0.6) is 5.88 Å². The maximum atomic E-state index is 13.5. The van der Waals surface area contributed by atoms with Crippen molar-refractivity contribution < 1.29 is 14.3 Å². The van der Waals surface area contributed by atoms with Crippen LogP contribution in [-0.4, -0.2) is 62.3 Å². The molecule has 1 spiro atoms. The summed E-state index contributed by atoms with van der Waals surface area (Å²) in [6.45, 7) is 1.63. The number of pyridine rings is 1. The van der Waals surface area contributed by atoms with Crippen LogP contribution in [0.2, 0.25) is 10.0 Å². The number of hydrogen-bond donors (Lipinski definition) is 4. The van der Waals surface area contributed by atoms with E-state index in [1.54, 1.807) is 23.2 Å². The number of benzene rings is 2. The number of amides is 2. The van der Waals surface area contributed by atoms with E-state index in [0.717, 1.165) is 59.1 Å². The summed E-state index contributed by atoms with van der Waals surface area (Å²) < 4.78 is 8.85. The molecule has 2 aromatic carbocycles. The highest BCUT2D eigenvalue weighted by molar-refractivity contribution is 6.39. The number of ether oxygens (including phenoxy) is 1. The molecule has 4 N–H and O–H groups in total. The fourth-order valence-corrected chi connectivity index (χ4v) is 8.52. The normalized spacial score (nSPS) is 20.9. The number of carbonyl (C=O) groups excluding carboxylic acids is 2. The zero-order chi connectivity index (χ0) is 36.9. The summed E-state index contributed by atoms with van der Waals surface area (Å²) in [4.78, 5) is 41.5. The second-order valence-corrected chi connectivity index (χ2v) is 15.0. The van der Waals surface area contributed by atoms with Crippen LogP contribution in [0.4, 0.5) is 0 Å². The molecule has 5 heterocycles. The Morgan fingerprint density at radius 1 is 0.943 bits per heavy atom. The zero-order valence-corrected chi connectivity index (χ0v) is 31.0. The summed E-state index contributed by atoms with van der Waals surface area (Å²) in [5, 5.41) is 18.8. The summed E-state index contributed by atoms with van der Waals surface area (Å²) in [5.41, 5.74) is 5.45. The van der Waals surface area contributed by atoms with Crippen molar-refractivity contribution in [2.24, 2.45) is 7.05 Å². The minimum atomic E-state index is -0.161. The van der Waals surface area contributed by atoms with Gasteiger partial charge in [-0.25, -0.2) is 9.50 Å². The highest BCUT2D eigenvalue weighted by atomic mass is 35.5. The van der Waals surface area contributed by atoms with Crippen molar-refractivity contribution in [1.82, 2.24) is 40.4 Å². The van der Waals surface area contributed by atoms with Gasteiger partial charge in [-0.3, -0.25) is 19.0 Å². The first-order valence-corrected chi connectivity index (χ1v) is 18.6. The third-order valence-corrected chi connectivity index (χ3v) is 11.6. The van der Waals surface area contributed by atoms with Gasteiger partial charge in [0.2, 0.25) is 17.7 Å². The topological polar surface area (TPSA) is 144 Å². The van der Waals surface area contributed by atoms with Crippen LogP contribution in [0, 0.1) is 0 Å². The summed E-state index contributed by atoms with van der Waals surface area (Å²) in [6, 6.07) is 17.6. The number of hydrogen-bond acceptors (Lipinski definition) is 8. The monoisotopic (exact) mass is 754 g/mol. The maximum Gasteiger partial charge on any atom is 0.277 e. The minimum absolute atomic E-state index is 0.0711. The zero-order valence-electron chi connectivity index (χ0n) is 29.5. The largest absolute Gasteiger partial charge is 0.481 e. The molecule has 2 saturated heterocycles. The van der Waals surface area contributed by atoms with Gasteiger partial charge in [0, 0.05) is 90.2 Å². The lowest BCUT2D eigenvalue weighted by atomic mass is 9.72. The van der Waals surface area contributed by atoms with Gasteiger partial charge in [-0.2, -0.15) is 5.10 Å². The number of carbonyl (C=O) groups is 2. The van der Waals surface area contributed by atoms with Crippen molar-refractivity contribution in [3.05, 3.63) is 92.6 Å². The van der Waals surface area contributed by atoms with Crippen molar-refractivity contribution in [2.45, 2.75) is 69.2 Å². The lowest BCUT2D eigenvalue weighted by Gasteiger charge is -2.45. The molecule has 0 unspecified atom stereocenters. The summed E-state index contributed by atoms with van der Waals surface area (Å²) >= 11 is 14.3. The molecule has 0 bridgehead atoms. The van der Waals surface area contributed by atoms with Crippen LogP contribution in [0.1, 0.15) is 49.9 Å². The summed E-state index contributed by atoms with van der Waals surface area (Å²) in [5.74, 6) is 1.32. The first-order chi connectivity index (χ1) is 25.6. The number of halogens is 2. The predicted octanol–water partition coefficient (Wildman–Crippen LogP) is 5.01. The van der Waals surface area contributed by atoms with E-state index < -0.39 is 0 Å². The van der Waals surface area contributed by atoms with Gasteiger partial charge >= 0.3 is 0 Å². The fourth-order valence-electron chi connectivity index (χ4n) is 7.86. The second-order valence-electron chi connectivity index (χ2n) is 14.3. The van der Waals surface area contributed by atoms with Gasteiger partial charge in [0.1, 0.15) is 11.3 Å². The molecule has 12 nitrogen and oxygen atoms in total. The van der Waals surface area contributed by atoms with Crippen LogP contribution in [0.15, 0.2) is 65.6 Å². The SMILES string of the molecule is COc1nc(-c2cccc(-c3cccc(-c4cc5c(=O)n(C)c(CN[C@H]6C[C@@]7(CCC(=O)N7)C6)nn5c4)c3Cl)c2Cl)ccc1CNC[C@@H]1CCC(=O)N1. The average Bonchev–Trinajstić information content (AvgIpc) is 3.87. The molecule has 2 aliphatic heterocycles. The molecule has 5 aromatic rings. The fraction of sp³-hybridized carbons (Fsp3) is 0.359. The van der Waals surface area contributed by atoms with Crippen molar-refractivity contribution in [2.75, 3.05) is 13.7 Å². The molecule has 1 atom stereocenters. The first kappa shape index (κ1) is 35.3. The van der Waals surface area contributed by atoms with Gasteiger partial charge in [-0.05, 0) is 37.8 Å². The summed E-state index contributed by atoms with van der Waals surface area (Å²) in [7, 11) is 3.32. The highest BCUT2D eigenvalue weighted by Crippen LogP contribution is 2.43. The van der Waals surface area contributed by atoms with Crippen molar-refractivity contribution in [1.29, 1.82) is 0 Å². The van der Waals surface area contributed by atoms with Crippen LogP contribution >= 0.6 is 23.2 Å². The van der Waals surface area contributed by atoms with E-state index in [1.165, 1.54) is 0 Å². The molecule has 3 fully saturated rings. The van der Waals surface area contributed by atoms with Crippen LogP contribution in [0.25, 0.3) is 39.0 Å². The Bertz CT molecular complexity index is 2320. The Balaban J connectivity index is 1.02. The standard InChI is InChI=1S/C39H40Cl2N8O4/c1-48-32(20-43-25-16-39(17-25)14-13-34(51)46-39)47-49-21-23(15-31(49)38(48)52)26-5-3-6-27(35(26)40)28-7-4-8-29(36(28)41)30-11-9-22(37(45-30)53-2)18-42-19-24-10-12-33(50)44-24/h3-9,11,15,21,24-25,42-43H,10,12-14,16-20H2,1-2H3,(H,44,50)(H,46,51)/t24-,25-,39-/m0/s1. The van der Waals surface area contributed by atoms with Crippen LogP contribution in [0.3, 0.4) is 0 Å². The van der Waals surface area contributed by atoms with Crippen LogP contribution < -0.4 is 31.6 Å². The molecule has 14 heteroatoms. The number of methoxy groups -OCH3 is 1. The number of nitrogens with zero attached hydrogens (tertiary/aromatic N) is 4. The molecule has 8 rings (SSSR count). The Labute approximate surface area is 316 Å². The number of fused-ring (bicyclic) bond motifs is 1. The van der Waals surface area contributed by atoms with Gasteiger partial charge in [0.15, 0.2) is 0 Å². The maximum absolute atomic E-state index is 13.5. The van der Waals surface area contributed by atoms with E-state index >= 15 is 0 Å². The molecule has 0 radical (unpaired) electrons. The Morgan fingerprint density at radius 3 is 2.38 bits per heavy atom. The van der Waals surface area contributed by atoms with Crippen LogP contribution in [-0.2, 0) is 29.7 Å². The van der Waals surface area contributed by atoms with Crippen molar-refractivity contribution >= 4 is 40.5 Å². The minimum Gasteiger partial charge on any atom is -0.481 e. The van der Waals surface area contributed by atoms with E-state index in [1.807, 2.05) is 60.8 Å². The Morgan fingerprint density at radius 2 is 1.68 bits per heavy atom. The van der Waals surface area contributed by atoms with E-state index in [4.69, 9.17) is 38.0 Å². The lowest BCUT2D eigenvalue weighted by Crippen LogP contribution is -2.59. The van der Waals surface area contributed by atoms with E-state index in [9.17, 15) is 14.4 Å². The molecule has 274 valence electrons. The first-order valence-electron chi connectivity index (χ1n) is 17.9. The van der Waals surface area contributed by atoms with Gasteiger partial charge in [0.05, 0.1) is 29.4 Å². The molecule has 53 heavy (non-hydrogen) atoms. The highest BCUT2D eigenvalue weighted by Gasteiger charge is 2.48. The van der Waals surface area contributed by atoms with Gasteiger partial charge in [0.25, 0.3) is 5.56 Å². The molecule has 3 aliphatic rings. The molecule has 1 saturated carbocycles. The smallest absolute Gasteiger partial charge is 0.277 e. The Hall–Kier alpha value is -4.75. The van der Waals surface area contributed by atoms with E-state index in [-0.39, 0.29) is 35.0 Å². The van der Waals surface area contributed by atoms with Crippen molar-refractivity contribution in [3.63, 3.8) is 0 Å². The molecule has 3 aromatic heterocycles. The number of rotatable bonds is 11. The lowest BCUT2D eigenvalue weighted by molar-refractivity contribution is -0.120. The van der Waals surface area contributed by atoms with E-state index in [2.05, 4.69) is 21.3 Å².